The van der Waals surface area contributed by atoms with E-state index in [-0.39, 0.29) is 9.92 Å². The van der Waals surface area contributed by atoms with Gasteiger partial charge in [0.2, 0.25) is 16.0 Å². The molecule has 0 spiro atoms. The maximum absolute atomic E-state index is 12.6. The third kappa shape index (κ3) is 5.75. The smallest absolute Gasteiger partial charge is 0.242 e. The van der Waals surface area contributed by atoms with Crippen LogP contribution in [0.15, 0.2) is 53.4 Å². The van der Waals surface area contributed by atoms with E-state index in [1.807, 2.05) is 43.3 Å². The Kier molecular flexibility index (Phi) is 7.36. The Morgan fingerprint density at radius 1 is 0.939 bits per heavy atom. The molecule has 0 unspecified atom stereocenters. The van der Waals surface area contributed by atoms with Crippen molar-refractivity contribution in [2.24, 2.45) is 11.8 Å². The predicted molar refractivity (Wildman–Crippen MR) is 134 cm³/mol. The Balaban J connectivity index is 1.29. The molecule has 3 aromatic rings. The number of benzene rings is 2. The summed E-state index contributed by atoms with van der Waals surface area (Å²) in [5, 5.41) is 4.70. The first-order valence-electron chi connectivity index (χ1n) is 11.3. The molecule has 0 radical (unpaired) electrons. The number of rotatable bonds is 8. The number of aromatic nitrogens is 2. The molecule has 1 aromatic heterocycles. The summed E-state index contributed by atoms with van der Waals surface area (Å²) < 4.78 is 27.9. The van der Waals surface area contributed by atoms with Crippen molar-refractivity contribution in [3.05, 3.63) is 53.6 Å². The summed E-state index contributed by atoms with van der Waals surface area (Å²) >= 11 is 6.05. The van der Waals surface area contributed by atoms with E-state index in [0.29, 0.717) is 24.3 Å². The van der Waals surface area contributed by atoms with Crippen molar-refractivity contribution < 1.29 is 8.42 Å². The van der Waals surface area contributed by atoms with Gasteiger partial charge in [-0.05, 0) is 61.8 Å². The van der Waals surface area contributed by atoms with Crippen LogP contribution in [0.25, 0.3) is 10.9 Å². The lowest BCUT2D eigenvalue weighted by Crippen LogP contribution is -2.32. The molecule has 1 fully saturated rings. The van der Waals surface area contributed by atoms with Crippen molar-refractivity contribution in [3.8, 4) is 0 Å². The van der Waals surface area contributed by atoms with Crippen molar-refractivity contribution in [2.75, 3.05) is 37.4 Å². The number of halogens is 1. The van der Waals surface area contributed by atoms with Gasteiger partial charge in [-0.15, -0.1) is 0 Å². The van der Waals surface area contributed by atoms with Crippen LogP contribution in [0, 0.1) is 11.8 Å². The number of sulfonamides is 1. The van der Waals surface area contributed by atoms with Crippen LogP contribution in [-0.2, 0) is 10.0 Å². The molecule has 0 amide bonds. The highest BCUT2D eigenvalue weighted by Crippen LogP contribution is 2.30. The Hall–Kier alpha value is -2.42. The fourth-order valence-corrected chi connectivity index (χ4v) is 5.96. The summed E-state index contributed by atoms with van der Waals surface area (Å²) in [6.07, 6.45) is 4.05. The summed E-state index contributed by atoms with van der Waals surface area (Å²) in [7, 11) is 0.378. The van der Waals surface area contributed by atoms with Crippen molar-refractivity contribution in [3.63, 3.8) is 0 Å². The summed E-state index contributed by atoms with van der Waals surface area (Å²) in [5.41, 5.74) is 0.924. The zero-order valence-electron chi connectivity index (χ0n) is 19.0. The van der Waals surface area contributed by atoms with E-state index >= 15 is 0 Å². The normalized spacial score (nSPS) is 18.9. The first-order chi connectivity index (χ1) is 15.8. The van der Waals surface area contributed by atoms with Gasteiger partial charge in [0, 0.05) is 32.6 Å². The number of hydrogen-bond donors (Lipinski definition) is 2. The topological polar surface area (TPSA) is 87.2 Å². The molecule has 0 bridgehead atoms. The lowest BCUT2D eigenvalue weighted by atomic mass is 9.82. The summed E-state index contributed by atoms with van der Waals surface area (Å²) in [6.45, 7) is 1.25. The molecule has 33 heavy (non-hydrogen) atoms. The predicted octanol–water partition coefficient (Wildman–Crippen LogP) is 4.55. The van der Waals surface area contributed by atoms with Gasteiger partial charge in [-0.3, -0.25) is 0 Å². The van der Waals surface area contributed by atoms with Crippen LogP contribution in [0.4, 0.5) is 11.8 Å². The molecule has 2 aromatic carbocycles. The van der Waals surface area contributed by atoms with Crippen LogP contribution in [-0.4, -0.2) is 45.6 Å². The van der Waals surface area contributed by atoms with Gasteiger partial charge in [0.25, 0.3) is 0 Å². The SMILES string of the molecule is CN(C)c1nc(NCC2CCC(CNS(=O)(=O)c3ccccc3Cl)CC2)nc2ccccc12. The third-order valence-electron chi connectivity index (χ3n) is 6.21. The fraction of sp³-hybridized carbons (Fsp3) is 0.417. The number of fused-ring (bicyclic) bond motifs is 1. The van der Waals surface area contributed by atoms with Crippen LogP contribution in [0.3, 0.4) is 0 Å². The Labute approximate surface area is 200 Å². The zero-order chi connectivity index (χ0) is 23.4. The van der Waals surface area contributed by atoms with Crippen LogP contribution in [0.1, 0.15) is 25.7 Å². The van der Waals surface area contributed by atoms with Crippen molar-refractivity contribution in [1.29, 1.82) is 0 Å². The molecule has 2 N–H and O–H groups in total. The van der Waals surface area contributed by atoms with E-state index in [1.165, 1.54) is 6.07 Å². The second-order valence-electron chi connectivity index (χ2n) is 8.83. The highest BCUT2D eigenvalue weighted by Gasteiger charge is 2.24. The van der Waals surface area contributed by atoms with Gasteiger partial charge in [-0.1, -0.05) is 35.9 Å². The molecule has 0 saturated heterocycles. The van der Waals surface area contributed by atoms with E-state index in [0.717, 1.165) is 48.9 Å². The molecule has 1 heterocycles. The standard InChI is InChI=1S/C24H30ClN5O2S/c1-30(2)23-19-7-3-5-9-21(19)28-24(29-23)26-15-17-11-13-18(14-12-17)16-27-33(31,32)22-10-6-4-8-20(22)25/h3-10,17-18,27H,11-16H2,1-2H3,(H,26,28,29). The second kappa shape index (κ2) is 10.2. The minimum Gasteiger partial charge on any atom is -0.362 e. The molecular formula is C24H30ClN5O2S. The largest absolute Gasteiger partial charge is 0.362 e. The molecule has 1 aliphatic carbocycles. The van der Waals surface area contributed by atoms with E-state index in [9.17, 15) is 8.42 Å². The number of para-hydroxylation sites is 1. The van der Waals surface area contributed by atoms with Crippen LogP contribution in [0.5, 0.6) is 0 Å². The fourth-order valence-electron chi connectivity index (χ4n) is 4.32. The molecule has 4 rings (SSSR count). The number of nitrogens with zero attached hydrogens (tertiary/aromatic N) is 3. The molecule has 176 valence electrons. The molecule has 0 aliphatic heterocycles. The van der Waals surface area contributed by atoms with Crippen molar-refractivity contribution in [1.82, 2.24) is 14.7 Å². The van der Waals surface area contributed by atoms with Gasteiger partial charge < -0.3 is 10.2 Å². The maximum Gasteiger partial charge on any atom is 0.242 e. The van der Waals surface area contributed by atoms with Crippen molar-refractivity contribution >= 4 is 44.3 Å². The van der Waals surface area contributed by atoms with Gasteiger partial charge in [0.1, 0.15) is 10.7 Å². The molecule has 0 atom stereocenters. The Bertz CT molecular complexity index is 1210. The lowest BCUT2D eigenvalue weighted by Gasteiger charge is -2.29. The van der Waals surface area contributed by atoms with Crippen LogP contribution < -0.4 is 14.9 Å². The number of hydrogen-bond acceptors (Lipinski definition) is 6. The highest BCUT2D eigenvalue weighted by molar-refractivity contribution is 7.89. The minimum atomic E-state index is -3.59. The van der Waals surface area contributed by atoms with Gasteiger partial charge >= 0.3 is 0 Å². The van der Waals surface area contributed by atoms with Crippen LogP contribution in [0.2, 0.25) is 5.02 Å². The zero-order valence-corrected chi connectivity index (χ0v) is 20.5. The van der Waals surface area contributed by atoms with Gasteiger partial charge in [-0.2, -0.15) is 4.98 Å². The van der Waals surface area contributed by atoms with E-state index in [2.05, 4.69) is 15.0 Å². The summed E-state index contributed by atoms with van der Waals surface area (Å²) in [6, 6.07) is 14.6. The molecular weight excluding hydrogens is 458 g/mol. The average molecular weight is 488 g/mol. The monoisotopic (exact) mass is 487 g/mol. The molecule has 7 nitrogen and oxygen atoms in total. The van der Waals surface area contributed by atoms with Crippen molar-refractivity contribution in [2.45, 2.75) is 30.6 Å². The Morgan fingerprint density at radius 3 is 2.27 bits per heavy atom. The quantitative estimate of drug-likeness (QED) is 0.485. The molecule has 1 aliphatic rings. The third-order valence-corrected chi connectivity index (χ3v) is 8.13. The lowest BCUT2D eigenvalue weighted by molar-refractivity contribution is 0.284. The molecule has 1 saturated carbocycles. The molecule has 9 heteroatoms. The Morgan fingerprint density at radius 2 is 1.58 bits per heavy atom. The summed E-state index contributed by atoms with van der Waals surface area (Å²) in [5.74, 6) is 2.39. The minimum absolute atomic E-state index is 0.136. The first-order valence-corrected chi connectivity index (χ1v) is 13.1. The van der Waals surface area contributed by atoms with Crippen LogP contribution >= 0.6 is 11.6 Å². The van der Waals surface area contributed by atoms with Gasteiger partial charge in [0.15, 0.2) is 0 Å². The van der Waals surface area contributed by atoms with E-state index in [4.69, 9.17) is 16.6 Å². The van der Waals surface area contributed by atoms with Gasteiger partial charge in [-0.25, -0.2) is 18.1 Å². The van der Waals surface area contributed by atoms with Gasteiger partial charge in [0.05, 0.1) is 10.5 Å². The summed E-state index contributed by atoms with van der Waals surface area (Å²) in [4.78, 5) is 11.5. The van der Waals surface area contributed by atoms with E-state index < -0.39 is 10.0 Å². The average Bonchev–Trinajstić information content (AvgIpc) is 2.81. The second-order valence-corrected chi connectivity index (χ2v) is 11.0. The number of nitrogens with one attached hydrogen (secondary N) is 2. The van der Waals surface area contributed by atoms with E-state index in [1.54, 1.807) is 18.2 Å². The first kappa shape index (κ1) is 23.7. The maximum atomic E-state index is 12.6. The number of anilines is 2. The highest BCUT2D eigenvalue weighted by atomic mass is 35.5.